The molecule has 0 saturated carbocycles. The summed E-state index contributed by atoms with van der Waals surface area (Å²) in [4.78, 5) is 0. The molecule has 0 saturated heterocycles. The molecule has 0 heterocycles. The zero-order chi connectivity index (χ0) is 13.1. The Labute approximate surface area is 98.9 Å². The first-order chi connectivity index (χ1) is 7.89. The first-order valence-electron chi connectivity index (χ1n) is 5.07. The summed E-state index contributed by atoms with van der Waals surface area (Å²) in [6.07, 6.45) is 0.323. The van der Waals surface area contributed by atoms with E-state index in [2.05, 4.69) is 4.72 Å². The summed E-state index contributed by atoms with van der Waals surface area (Å²) in [5.74, 6) is -1.69. The van der Waals surface area contributed by atoms with Crippen LogP contribution in [0.5, 0.6) is 0 Å². The third-order valence-corrected chi connectivity index (χ3v) is 4.20. The molecule has 1 rings (SSSR count). The number of hydrogen-bond acceptors (Lipinski definition) is 3. The average Bonchev–Trinajstić information content (AvgIpc) is 2.15. The number of sulfonamides is 1. The molecular formula is C10H14F2N2O2S. The molecule has 0 aliphatic carbocycles. The van der Waals surface area contributed by atoms with E-state index in [0.29, 0.717) is 12.5 Å². The van der Waals surface area contributed by atoms with Gasteiger partial charge in [0.25, 0.3) is 0 Å². The largest absolute Gasteiger partial charge is 0.329 e. The predicted octanol–water partition coefficient (Wildman–Crippen LogP) is 1.44. The van der Waals surface area contributed by atoms with Gasteiger partial charge in [-0.25, -0.2) is 17.2 Å². The molecule has 7 heteroatoms. The molecule has 0 bridgehead atoms. The van der Waals surface area contributed by atoms with Crippen molar-refractivity contribution in [3.8, 4) is 0 Å². The second-order valence-corrected chi connectivity index (χ2v) is 5.53. The number of rotatable bonds is 5. The molecular weight excluding hydrogens is 250 g/mol. The van der Waals surface area contributed by atoms with Gasteiger partial charge in [0, 0.05) is 12.6 Å². The van der Waals surface area contributed by atoms with E-state index in [4.69, 9.17) is 5.73 Å². The number of nitrogens with one attached hydrogen (secondary N) is 1. The van der Waals surface area contributed by atoms with E-state index < -0.39 is 26.9 Å². The summed E-state index contributed by atoms with van der Waals surface area (Å²) in [6.45, 7) is 1.62. The van der Waals surface area contributed by atoms with Gasteiger partial charge in [-0.3, -0.25) is 4.72 Å². The summed E-state index contributed by atoms with van der Waals surface area (Å²) in [7, 11) is -3.72. The molecule has 0 fully saturated rings. The van der Waals surface area contributed by atoms with Crippen molar-refractivity contribution in [2.24, 2.45) is 5.73 Å². The standard InChI is InChI=1S/C10H14F2N2O2S/c1-2-10(6-13)17(15,16)14-9-4-7(11)3-8(12)5-9/h3-5,10,14H,2,6,13H2,1H3. The van der Waals surface area contributed by atoms with Gasteiger partial charge in [0.05, 0.1) is 10.9 Å². The molecule has 0 radical (unpaired) electrons. The second-order valence-electron chi connectivity index (χ2n) is 3.57. The molecule has 1 atom stereocenters. The highest BCUT2D eigenvalue weighted by molar-refractivity contribution is 7.93. The summed E-state index contributed by atoms with van der Waals surface area (Å²) in [6, 6.07) is 2.48. The van der Waals surface area contributed by atoms with E-state index in [1.54, 1.807) is 6.92 Å². The lowest BCUT2D eigenvalue weighted by molar-refractivity contribution is 0.579. The van der Waals surface area contributed by atoms with Crippen molar-refractivity contribution < 1.29 is 17.2 Å². The van der Waals surface area contributed by atoms with Gasteiger partial charge in [-0.1, -0.05) is 6.92 Å². The van der Waals surface area contributed by atoms with E-state index in [0.717, 1.165) is 12.1 Å². The summed E-state index contributed by atoms with van der Waals surface area (Å²) in [5, 5.41) is -0.783. The highest BCUT2D eigenvalue weighted by Crippen LogP contribution is 2.16. The van der Waals surface area contributed by atoms with Crippen molar-refractivity contribution in [3.05, 3.63) is 29.8 Å². The molecule has 1 aromatic rings. The van der Waals surface area contributed by atoms with Crippen LogP contribution in [0.2, 0.25) is 0 Å². The van der Waals surface area contributed by atoms with Gasteiger partial charge < -0.3 is 5.73 Å². The van der Waals surface area contributed by atoms with Gasteiger partial charge in [0.2, 0.25) is 10.0 Å². The Morgan fingerprint density at radius 2 is 1.82 bits per heavy atom. The highest BCUT2D eigenvalue weighted by Gasteiger charge is 2.22. The molecule has 0 aromatic heterocycles. The van der Waals surface area contributed by atoms with Crippen molar-refractivity contribution in [1.82, 2.24) is 0 Å². The third-order valence-electron chi connectivity index (χ3n) is 2.28. The monoisotopic (exact) mass is 264 g/mol. The average molecular weight is 264 g/mol. The van der Waals surface area contributed by atoms with Gasteiger partial charge in [0.1, 0.15) is 11.6 Å². The first-order valence-corrected chi connectivity index (χ1v) is 6.61. The van der Waals surface area contributed by atoms with Crippen molar-refractivity contribution in [3.63, 3.8) is 0 Å². The third kappa shape index (κ3) is 3.64. The van der Waals surface area contributed by atoms with Crippen molar-refractivity contribution in [2.45, 2.75) is 18.6 Å². The zero-order valence-corrected chi connectivity index (χ0v) is 10.1. The summed E-state index contributed by atoms with van der Waals surface area (Å²) >= 11 is 0. The van der Waals surface area contributed by atoms with Crippen molar-refractivity contribution >= 4 is 15.7 Å². The van der Waals surface area contributed by atoms with Crippen LogP contribution in [0.4, 0.5) is 14.5 Å². The molecule has 4 nitrogen and oxygen atoms in total. The maximum Gasteiger partial charge on any atom is 0.236 e. The maximum atomic E-state index is 12.9. The normalized spacial score (nSPS) is 13.4. The Hall–Kier alpha value is -1.21. The lowest BCUT2D eigenvalue weighted by Crippen LogP contribution is -2.33. The zero-order valence-electron chi connectivity index (χ0n) is 9.28. The minimum atomic E-state index is -3.72. The van der Waals surface area contributed by atoms with E-state index in [-0.39, 0.29) is 12.2 Å². The van der Waals surface area contributed by atoms with Crippen molar-refractivity contribution in [1.29, 1.82) is 0 Å². The van der Waals surface area contributed by atoms with Gasteiger partial charge in [0.15, 0.2) is 0 Å². The van der Waals surface area contributed by atoms with Crippen LogP contribution in [0.1, 0.15) is 13.3 Å². The van der Waals surface area contributed by atoms with Gasteiger partial charge in [-0.05, 0) is 18.6 Å². The molecule has 0 aliphatic heterocycles. The van der Waals surface area contributed by atoms with Crippen LogP contribution in [0.25, 0.3) is 0 Å². The predicted molar refractivity (Wildman–Crippen MR) is 62.0 cm³/mol. The number of halogens is 2. The quantitative estimate of drug-likeness (QED) is 0.845. The summed E-state index contributed by atoms with van der Waals surface area (Å²) < 4.78 is 51.3. The Bertz CT molecular complexity index is 467. The van der Waals surface area contributed by atoms with Crippen LogP contribution in [-0.4, -0.2) is 20.2 Å². The van der Waals surface area contributed by atoms with Crippen LogP contribution in [0.3, 0.4) is 0 Å². The molecule has 1 aromatic carbocycles. The first kappa shape index (κ1) is 13.9. The molecule has 3 N–H and O–H groups in total. The van der Waals surface area contributed by atoms with Crippen molar-refractivity contribution in [2.75, 3.05) is 11.3 Å². The molecule has 0 spiro atoms. The Morgan fingerprint density at radius 3 is 2.24 bits per heavy atom. The second kappa shape index (κ2) is 5.42. The Morgan fingerprint density at radius 1 is 1.29 bits per heavy atom. The number of hydrogen-bond donors (Lipinski definition) is 2. The van der Waals surface area contributed by atoms with E-state index in [9.17, 15) is 17.2 Å². The smallest absolute Gasteiger partial charge is 0.236 e. The number of nitrogens with two attached hydrogens (primary N) is 1. The molecule has 1 unspecified atom stereocenters. The van der Waals surface area contributed by atoms with Gasteiger partial charge in [-0.2, -0.15) is 0 Å². The topological polar surface area (TPSA) is 72.2 Å². The van der Waals surface area contributed by atoms with E-state index in [1.165, 1.54) is 0 Å². The van der Waals surface area contributed by atoms with Gasteiger partial charge >= 0.3 is 0 Å². The van der Waals surface area contributed by atoms with Crippen LogP contribution >= 0.6 is 0 Å². The summed E-state index contributed by atoms with van der Waals surface area (Å²) in [5.41, 5.74) is 5.17. The minimum Gasteiger partial charge on any atom is -0.329 e. The highest BCUT2D eigenvalue weighted by atomic mass is 32.2. The Kier molecular flexibility index (Phi) is 4.41. The fourth-order valence-electron chi connectivity index (χ4n) is 1.37. The van der Waals surface area contributed by atoms with Crippen LogP contribution < -0.4 is 10.5 Å². The molecule has 0 aliphatic rings. The van der Waals surface area contributed by atoms with Gasteiger partial charge in [-0.15, -0.1) is 0 Å². The molecule has 96 valence electrons. The minimum absolute atomic E-state index is 0.0520. The SMILES string of the molecule is CCC(CN)S(=O)(=O)Nc1cc(F)cc(F)c1. The number of benzene rings is 1. The lowest BCUT2D eigenvalue weighted by atomic mass is 10.3. The van der Waals surface area contributed by atoms with E-state index in [1.807, 2.05) is 0 Å². The fraction of sp³-hybridized carbons (Fsp3) is 0.400. The molecule has 17 heavy (non-hydrogen) atoms. The van der Waals surface area contributed by atoms with Crippen LogP contribution in [-0.2, 0) is 10.0 Å². The van der Waals surface area contributed by atoms with Crippen LogP contribution in [0.15, 0.2) is 18.2 Å². The number of anilines is 1. The Balaban J connectivity index is 2.97. The lowest BCUT2D eigenvalue weighted by Gasteiger charge is -2.15. The molecule has 0 amide bonds. The van der Waals surface area contributed by atoms with E-state index >= 15 is 0 Å². The maximum absolute atomic E-state index is 12.9. The fourth-order valence-corrected chi connectivity index (χ4v) is 2.68. The van der Waals surface area contributed by atoms with Crippen LogP contribution in [0, 0.1) is 11.6 Å².